The number of carboxylic acid groups (broad SMARTS) is 1. The second kappa shape index (κ2) is 12.0. The van der Waals surface area contributed by atoms with Crippen molar-refractivity contribution in [3.8, 4) is 17.6 Å². The van der Waals surface area contributed by atoms with Crippen LogP contribution >= 0.6 is 0 Å². The molecule has 0 aliphatic carbocycles. The van der Waals surface area contributed by atoms with Crippen LogP contribution in [-0.4, -0.2) is 42.6 Å². The standard InChI is InChI=1S/C23H24N2O7/c1-30-19-12-9-16(13-18(19)26)22(20(31-2)5-3-4-6-21(27)28)32-23(29)25-17-10-7-15(14-24)8-11-17/h4,6-13,20,22,26H,3,5H2,1-2H3,(H,25,29)(H,27,28)/b6-4+/t20-,22-/m0/s1. The number of carbonyl (C=O) groups is 2. The molecule has 2 atom stereocenters. The van der Waals surface area contributed by atoms with Crippen LogP contribution in [0.4, 0.5) is 10.5 Å². The van der Waals surface area contributed by atoms with Gasteiger partial charge in [-0.25, -0.2) is 9.59 Å². The minimum Gasteiger partial charge on any atom is -0.504 e. The molecule has 1 amide bonds. The number of amides is 1. The number of aromatic hydroxyl groups is 1. The number of allylic oxidation sites excluding steroid dienone is 1. The number of hydrogen-bond donors (Lipinski definition) is 3. The topological polar surface area (TPSA) is 138 Å². The van der Waals surface area contributed by atoms with E-state index in [1.807, 2.05) is 6.07 Å². The lowest BCUT2D eigenvalue weighted by Crippen LogP contribution is -2.28. The van der Waals surface area contributed by atoms with E-state index in [1.165, 1.54) is 32.4 Å². The minimum atomic E-state index is -1.06. The fourth-order valence-electron chi connectivity index (χ4n) is 2.97. The molecule has 32 heavy (non-hydrogen) atoms. The van der Waals surface area contributed by atoms with Crippen LogP contribution in [0.25, 0.3) is 0 Å². The lowest BCUT2D eigenvalue weighted by atomic mass is 9.99. The summed E-state index contributed by atoms with van der Waals surface area (Å²) in [6.07, 6.45) is 0.915. The van der Waals surface area contributed by atoms with Crippen molar-refractivity contribution in [3.63, 3.8) is 0 Å². The Bertz CT molecular complexity index is 996. The predicted molar refractivity (Wildman–Crippen MR) is 115 cm³/mol. The number of ether oxygens (including phenoxy) is 3. The summed E-state index contributed by atoms with van der Waals surface area (Å²) in [4.78, 5) is 23.2. The zero-order valence-electron chi connectivity index (χ0n) is 17.6. The number of nitrogens with one attached hydrogen (secondary N) is 1. The van der Waals surface area contributed by atoms with Gasteiger partial charge in [0.05, 0.1) is 24.8 Å². The quantitative estimate of drug-likeness (QED) is 0.471. The number of hydrogen-bond acceptors (Lipinski definition) is 7. The van der Waals surface area contributed by atoms with E-state index < -0.39 is 24.3 Å². The molecule has 0 aromatic heterocycles. The second-order valence-electron chi connectivity index (χ2n) is 6.66. The molecule has 0 radical (unpaired) electrons. The third-order valence-electron chi connectivity index (χ3n) is 4.54. The Hall–Kier alpha value is -4.03. The fourth-order valence-corrected chi connectivity index (χ4v) is 2.97. The Morgan fingerprint density at radius 3 is 2.47 bits per heavy atom. The van der Waals surface area contributed by atoms with E-state index >= 15 is 0 Å². The first-order valence-corrected chi connectivity index (χ1v) is 9.65. The Labute approximate surface area is 185 Å². The zero-order valence-corrected chi connectivity index (χ0v) is 17.6. The van der Waals surface area contributed by atoms with Gasteiger partial charge in [0.25, 0.3) is 0 Å². The Morgan fingerprint density at radius 2 is 1.91 bits per heavy atom. The lowest BCUT2D eigenvalue weighted by molar-refractivity contribution is -0.131. The van der Waals surface area contributed by atoms with Gasteiger partial charge in [0.15, 0.2) is 17.6 Å². The average Bonchev–Trinajstić information content (AvgIpc) is 2.78. The molecule has 168 valence electrons. The summed E-state index contributed by atoms with van der Waals surface area (Å²) in [6, 6.07) is 12.8. The molecular formula is C23H24N2O7. The van der Waals surface area contributed by atoms with Crippen molar-refractivity contribution >= 4 is 17.7 Å². The van der Waals surface area contributed by atoms with Crippen LogP contribution in [0, 0.1) is 11.3 Å². The molecule has 0 fully saturated rings. The van der Waals surface area contributed by atoms with E-state index in [0.29, 0.717) is 29.7 Å². The van der Waals surface area contributed by atoms with Gasteiger partial charge < -0.3 is 24.4 Å². The van der Waals surface area contributed by atoms with Gasteiger partial charge in [0.1, 0.15) is 0 Å². The molecule has 2 aromatic carbocycles. The van der Waals surface area contributed by atoms with Crippen LogP contribution in [-0.2, 0) is 14.3 Å². The Morgan fingerprint density at radius 1 is 1.19 bits per heavy atom. The minimum absolute atomic E-state index is 0.133. The fraction of sp³-hybridized carbons (Fsp3) is 0.261. The molecular weight excluding hydrogens is 416 g/mol. The Balaban J connectivity index is 2.23. The molecule has 3 N–H and O–H groups in total. The molecule has 0 unspecified atom stereocenters. The number of phenols is 1. The van der Waals surface area contributed by atoms with Crippen molar-refractivity contribution < 1.29 is 34.0 Å². The summed E-state index contributed by atoms with van der Waals surface area (Å²) in [5.74, 6) is -0.937. The van der Waals surface area contributed by atoms with Crippen molar-refractivity contribution in [2.75, 3.05) is 19.5 Å². The first kappa shape index (κ1) is 24.2. The number of carboxylic acids is 1. The maximum atomic E-state index is 12.6. The molecule has 0 saturated carbocycles. The van der Waals surface area contributed by atoms with Crippen LogP contribution in [0.15, 0.2) is 54.6 Å². The first-order valence-electron chi connectivity index (χ1n) is 9.65. The highest BCUT2D eigenvalue weighted by Gasteiger charge is 2.28. The number of methoxy groups -OCH3 is 2. The maximum Gasteiger partial charge on any atom is 0.412 e. The summed E-state index contributed by atoms with van der Waals surface area (Å²) in [7, 11) is 2.87. The number of aliphatic carboxylic acids is 1. The van der Waals surface area contributed by atoms with E-state index in [2.05, 4.69) is 5.32 Å². The number of rotatable bonds is 10. The normalized spacial score (nSPS) is 12.5. The van der Waals surface area contributed by atoms with Crippen LogP contribution < -0.4 is 10.1 Å². The summed E-state index contributed by atoms with van der Waals surface area (Å²) in [5.41, 5.74) is 1.35. The Kier molecular flexibility index (Phi) is 9.07. The van der Waals surface area contributed by atoms with Crippen molar-refractivity contribution in [1.82, 2.24) is 0 Å². The molecule has 2 rings (SSSR count). The highest BCUT2D eigenvalue weighted by Crippen LogP contribution is 2.33. The van der Waals surface area contributed by atoms with E-state index in [1.54, 1.807) is 30.3 Å². The van der Waals surface area contributed by atoms with Crippen LogP contribution in [0.1, 0.15) is 30.1 Å². The number of benzene rings is 2. The summed E-state index contributed by atoms with van der Waals surface area (Å²) in [5, 5.41) is 30.4. The molecule has 9 nitrogen and oxygen atoms in total. The van der Waals surface area contributed by atoms with Gasteiger partial charge in [-0.3, -0.25) is 5.32 Å². The van der Waals surface area contributed by atoms with Crippen molar-refractivity contribution in [1.29, 1.82) is 5.26 Å². The third-order valence-corrected chi connectivity index (χ3v) is 4.54. The van der Waals surface area contributed by atoms with Crippen LogP contribution in [0.3, 0.4) is 0 Å². The van der Waals surface area contributed by atoms with Crippen molar-refractivity contribution in [2.45, 2.75) is 25.0 Å². The predicted octanol–water partition coefficient (Wildman–Crippen LogP) is 4.00. The largest absolute Gasteiger partial charge is 0.504 e. The monoisotopic (exact) mass is 440 g/mol. The van der Waals surface area contributed by atoms with Gasteiger partial charge in [0.2, 0.25) is 0 Å². The molecule has 0 spiro atoms. The average molecular weight is 440 g/mol. The van der Waals surface area contributed by atoms with Gasteiger partial charge in [0, 0.05) is 18.9 Å². The molecule has 0 saturated heterocycles. The molecule has 2 aromatic rings. The van der Waals surface area contributed by atoms with Crippen LogP contribution in [0.2, 0.25) is 0 Å². The second-order valence-corrected chi connectivity index (χ2v) is 6.66. The summed E-state index contributed by atoms with van der Waals surface area (Å²) >= 11 is 0. The van der Waals surface area contributed by atoms with E-state index in [0.717, 1.165) is 6.08 Å². The van der Waals surface area contributed by atoms with Gasteiger partial charge in [-0.15, -0.1) is 0 Å². The van der Waals surface area contributed by atoms with E-state index in [-0.39, 0.29) is 11.5 Å². The van der Waals surface area contributed by atoms with Gasteiger partial charge in [-0.05, 0) is 54.8 Å². The number of carbonyl (C=O) groups excluding carboxylic acids is 1. The third kappa shape index (κ3) is 7.04. The van der Waals surface area contributed by atoms with Gasteiger partial charge in [-0.1, -0.05) is 12.1 Å². The van der Waals surface area contributed by atoms with E-state index in [9.17, 15) is 14.7 Å². The summed E-state index contributed by atoms with van der Waals surface area (Å²) in [6.45, 7) is 0. The number of phenolic OH excluding ortho intramolecular Hbond substituents is 1. The number of anilines is 1. The van der Waals surface area contributed by atoms with Gasteiger partial charge in [-0.2, -0.15) is 5.26 Å². The molecule has 0 bridgehead atoms. The number of nitriles is 1. The first-order chi connectivity index (χ1) is 15.4. The maximum absolute atomic E-state index is 12.6. The van der Waals surface area contributed by atoms with E-state index in [4.69, 9.17) is 24.6 Å². The highest BCUT2D eigenvalue weighted by molar-refractivity contribution is 5.84. The summed E-state index contributed by atoms with van der Waals surface area (Å²) < 4.78 is 16.2. The van der Waals surface area contributed by atoms with Gasteiger partial charge >= 0.3 is 12.1 Å². The molecule has 0 heterocycles. The van der Waals surface area contributed by atoms with Crippen molar-refractivity contribution in [2.24, 2.45) is 0 Å². The lowest BCUT2D eigenvalue weighted by Gasteiger charge is -2.26. The molecule has 9 heteroatoms. The van der Waals surface area contributed by atoms with Crippen molar-refractivity contribution in [3.05, 3.63) is 65.7 Å². The highest BCUT2D eigenvalue weighted by atomic mass is 16.6. The zero-order chi connectivity index (χ0) is 23.5. The number of nitrogens with zero attached hydrogens (tertiary/aromatic N) is 1. The SMILES string of the molecule is COc1ccc([C@H](OC(=O)Nc2ccc(C#N)cc2)[C@H](CC/C=C/C(=O)O)OC)cc1O. The molecule has 0 aliphatic heterocycles. The van der Waals surface area contributed by atoms with Crippen LogP contribution in [0.5, 0.6) is 11.5 Å². The smallest absolute Gasteiger partial charge is 0.412 e. The molecule has 0 aliphatic rings.